The Hall–Kier alpha value is -0.740. The number of benzene rings is 1. The third-order valence-corrected chi connectivity index (χ3v) is 2.51. The summed E-state index contributed by atoms with van der Waals surface area (Å²) in [6.45, 7) is 1.79. The molecule has 0 saturated carbocycles. The van der Waals surface area contributed by atoms with E-state index in [-0.39, 0.29) is 5.02 Å². The Balaban J connectivity index is 3.17. The van der Waals surface area contributed by atoms with E-state index in [9.17, 15) is 13.2 Å². The van der Waals surface area contributed by atoms with Crippen LogP contribution in [-0.4, -0.2) is 0 Å². The van der Waals surface area contributed by atoms with Crippen LogP contribution in [-0.2, 0) is 6.18 Å². The Bertz CT molecular complexity index is 349. The van der Waals surface area contributed by atoms with E-state index in [2.05, 4.69) is 0 Å². The van der Waals surface area contributed by atoms with Crippen LogP contribution in [0.2, 0.25) is 5.02 Å². The Morgan fingerprint density at radius 2 is 2.00 bits per heavy atom. The van der Waals surface area contributed by atoms with Crippen molar-refractivity contribution in [3.8, 4) is 0 Å². The summed E-state index contributed by atoms with van der Waals surface area (Å²) in [6, 6.07) is 2.74. The number of alkyl halides is 3. The highest BCUT2D eigenvalue weighted by Gasteiger charge is 2.31. The zero-order chi connectivity index (χ0) is 11.6. The van der Waals surface area contributed by atoms with Gasteiger partial charge in [-0.05, 0) is 30.2 Å². The fourth-order valence-corrected chi connectivity index (χ4v) is 1.48. The molecule has 0 amide bonds. The molecule has 2 N–H and O–H groups in total. The minimum absolute atomic E-state index is 0.275. The van der Waals surface area contributed by atoms with Crippen LogP contribution in [0, 0.1) is 0 Å². The number of halogens is 4. The van der Waals surface area contributed by atoms with Gasteiger partial charge in [-0.2, -0.15) is 13.2 Å². The lowest BCUT2D eigenvalue weighted by atomic mass is 10.0. The van der Waals surface area contributed by atoms with Crippen LogP contribution in [0.4, 0.5) is 13.2 Å². The maximum absolute atomic E-state index is 12.4. The van der Waals surface area contributed by atoms with E-state index >= 15 is 0 Å². The highest BCUT2D eigenvalue weighted by Crippen LogP contribution is 2.33. The van der Waals surface area contributed by atoms with E-state index in [4.69, 9.17) is 17.3 Å². The average molecular weight is 238 g/mol. The third-order valence-electron chi connectivity index (χ3n) is 2.16. The van der Waals surface area contributed by atoms with Gasteiger partial charge >= 0.3 is 6.18 Å². The molecule has 1 rings (SSSR count). The van der Waals surface area contributed by atoms with Gasteiger partial charge in [-0.3, -0.25) is 0 Å². The highest BCUT2D eigenvalue weighted by atomic mass is 35.5. The van der Waals surface area contributed by atoms with Crippen molar-refractivity contribution in [1.29, 1.82) is 0 Å². The van der Waals surface area contributed by atoms with Gasteiger partial charge in [0, 0.05) is 11.1 Å². The zero-order valence-corrected chi connectivity index (χ0v) is 8.86. The Morgan fingerprint density at radius 1 is 1.40 bits per heavy atom. The Labute approximate surface area is 91.0 Å². The van der Waals surface area contributed by atoms with Gasteiger partial charge in [0.1, 0.15) is 0 Å². The first-order valence-electron chi connectivity index (χ1n) is 4.48. The molecule has 0 heterocycles. The van der Waals surface area contributed by atoms with Gasteiger partial charge < -0.3 is 5.73 Å². The topological polar surface area (TPSA) is 26.0 Å². The smallest absolute Gasteiger partial charge is 0.324 e. The summed E-state index contributed by atoms with van der Waals surface area (Å²) < 4.78 is 37.1. The van der Waals surface area contributed by atoms with Gasteiger partial charge in [0.15, 0.2) is 0 Å². The molecule has 0 bridgehead atoms. The lowest BCUT2D eigenvalue weighted by Gasteiger charge is -2.14. The molecule has 0 aromatic heterocycles. The summed E-state index contributed by atoms with van der Waals surface area (Å²) in [5.74, 6) is 0. The number of nitrogens with two attached hydrogens (primary N) is 1. The van der Waals surface area contributed by atoms with Gasteiger partial charge in [-0.15, -0.1) is 0 Å². The molecule has 1 atom stereocenters. The first-order valence-corrected chi connectivity index (χ1v) is 4.86. The average Bonchev–Trinajstić information content (AvgIpc) is 2.15. The molecule has 0 fully saturated rings. The molecule has 0 aliphatic carbocycles. The molecule has 0 aliphatic rings. The Kier molecular flexibility index (Phi) is 3.62. The highest BCUT2D eigenvalue weighted by molar-refractivity contribution is 6.31. The van der Waals surface area contributed by atoms with Crippen molar-refractivity contribution in [3.63, 3.8) is 0 Å². The fourth-order valence-electron chi connectivity index (χ4n) is 1.22. The van der Waals surface area contributed by atoms with Crippen LogP contribution in [0.3, 0.4) is 0 Å². The maximum Gasteiger partial charge on any atom is 0.416 e. The second-order valence-electron chi connectivity index (χ2n) is 3.25. The summed E-state index contributed by atoms with van der Waals surface area (Å²) in [4.78, 5) is 0. The first kappa shape index (κ1) is 12.3. The lowest BCUT2D eigenvalue weighted by molar-refractivity contribution is -0.137. The zero-order valence-electron chi connectivity index (χ0n) is 8.11. The van der Waals surface area contributed by atoms with Gasteiger partial charge in [-0.25, -0.2) is 0 Å². The molecule has 5 heteroatoms. The van der Waals surface area contributed by atoms with Crippen LogP contribution in [0.5, 0.6) is 0 Å². The second kappa shape index (κ2) is 4.41. The lowest BCUT2D eigenvalue weighted by Crippen LogP contribution is -2.12. The number of rotatable bonds is 2. The number of hydrogen-bond donors (Lipinski definition) is 1. The largest absolute Gasteiger partial charge is 0.416 e. The molecule has 0 saturated heterocycles. The molecule has 84 valence electrons. The predicted octanol–water partition coefficient (Wildman–Crippen LogP) is 3.77. The molecule has 0 aliphatic heterocycles. The molecule has 1 aromatic carbocycles. The van der Waals surface area contributed by atoms with Gasteiger partial charge in [0.2, 0.25) is 0 Å². The van der Waals surface area contributed by atoms with Gasteiger partial charge in [0.25, 0.3) is 0 Å². The van der Waals surface area contributed by atoms with Crippen molar-refractivity contribution < 1.29 is 13.2 Å². The van der Waals surface area contributed by atoms with Crippen LogP contribution in [0.25, 0.3) is 0 Å². The standard InChI is InChI=1S/C10H11ClF3N/c1-2-9(15)7-5-6(10(12,13)14)3-4-8(7)11/h3-5,9H,2,15H2,1H3/t9-/m1/s1. The van der Waals surface area contributed by atoms with Crippen LogP contribution in [0.15, 0.2) is 18.2 Å². The number of hydrogen-bond acceptors (Lipinski definition) is 1. The van der Waals surface area contributed by atoms with Crippen molar-refractivity contribution in [2.45, 2.75) is 25.6 Å². The first-order chi connectivity index (χ1) is 6.86. The molecule has 0 radical (unpaired) electrons. The Morgan fingerprint density at radius 3 is 2.47 bits per heavy atom. The summed E-state index contributed by atoms with van der Waals surface area (Å²) in [7, 11) is 0. The molecular formula is C10H11ClF3N. The third kappa shape index (κ3) is 2.86. The van der Waals surface area contributed by atoms with E-state index in [1.165, 1.54) is 6.07 Å². The minimum Gasteiger partial charge on any atom is -0.324 e. The molecule has 1 nitrogen and oxygen atoms in total. The predicted molar refractivity (Wildman–Crippen MR) is 53.7 cm³/mol. The van der Waals surface area contributed by atoms with E-state index in [0.717, 1.165) is 12.1 Å². The van der Waals surface area contributed by atoms with Crippen LogP contribution in [0.1, 0.15) is 30.5 Å². The molecule has 1 aromatic rings. The van der Waals surface area contributed by atoms with Crippen molar-refractivity contribution >= 4 is 11.6 Å². The van der Waals surface area contributed by atoms with Crippen LogP contribution >= 0.6 is 11.6 Å². The minimum atomic E-state index is -4.35. The van der Waals surface area contributed by atoms with Crippen LogP contribution < -0.4 is 5.73 Å². The van der Waals surface area contributed by atoms with Crippen molar-refractivity contribution in [3.05, 3.63) is 34.3 Å². The van der Waals surface area contributed by atoms with Gasteiger partial charge in [-0.1, -0.05) is 18.5 Å². The van der Waals surface area contributed by atoms with E-state index in [1.54, 1.807) is 6.92 Å². The maximum atomic E-state index is 12.4. The monoisotopic (exact) mass is 237 g/mol. The molecule has 0 spiro atoms. The quantitative estimate of drug-likeness (QED) is 0.833. The molecule has 0 unspecified atom stereocenters. The molecular weight excluding hydrogens is 227 g/mol. The summed E-state index contributed by atoms with van der Waals surface area (Å²) >= 11 is 5.77. The van der Waals surface area contributed by atoms with E-state index < -0.39 is 17.8 Å². The van der Waals surface area contributed by atoms with Gasteiger partial charge in [0.05, 0.1) is 5.56 Å². The summed E-state index contributed by atoms with van der Waals surface area (Å²) in [5.41, 5.74) is 5.28. The SMILES string of the molecule is CC[C@@H](N)c1cc(C(F)(F)F)ccc1Cl. The normalized spacial score (nSPS) is 14.0. The van der Waals surface area contributed by atoms with Crippen molar-refractivity contribution in [2.75, 3.05) is 0 Å². The summed E-state index contributed by atoms with van der Waals surface area (Å²) in [6.07, 6.45) is -3.81. The van der Waals surface area contributed by atoms with E-state index in [1.807, 2.05) is 0 Å². The summed E-state index contributed by atoms with van der Waals surface area (Å²) in [5, 5.41) is 0.275. The van der Waals surface area contributed by atoms with E-state index in [0.29, 0.717) is 12.0 Å². The van der Waals surface area contributed by atoms with Crippen molar-refractivity contribution in [2.24, 2.45) is 5.73 Å². The second-order valence-corrected chi connectivity index (χ2v) is 3.66. The fraction of sp³-hybridized carbons (Fsp3) is 0.400. The molecule has 15 heavy (non-hydrogen) atoms. The van der Waals surface area contributed by atoms with Crippen molar-refractivity contribution in [1.82, 2.24) is 0 Å².